The topological polar surface area (TPSA) is 35.6 Å². The Labute approximate surface area is 241 Å². The van der Waals surface area contributed by atoms with E-state index < -0.39 is 9.74 Å². The number of hydrogen-bond donors (Lipinski definition) is 0. The molecule has 4 aromatic carbocycles. The fourth-order valence-electron chi connectivity index (χ4n) is 5.05. The second kappa shape index (κ2) is 10.8. The molecule has 0 radical (unpaired) electrons. The summed E-state index contributed by atoms with van der Waals surface area (Å²) in [6.07, 6.45) is 11.4. The maximum Gasteiger partial charge on any atom is 0.145 e. The average molecular weight is 568 g/mol. The van der Waals surface area contributed by atoms with Gasteiger partial charge < -0.3 is 9.13 Å². The zero-order chi connectivity index (χ0) is 26.7. The maximum atomic E-state index is 6.40. The molecule has 0 aliphatic carbocycles. The molecule has 0 spiro atoms. The third-order valence-electron chi connectivity index (χ3n) is 6.83. The quantitative estimate of drug-likeness (QED) is 0.186. The Morgan fingerprint density at radius 1 is 0.487 bits per heavy atom. The lowest BCUT2D eigenvalue weighted by atomic mass is 9.96. The monoisotopic (exact) mass is 566 g/mol. The first-order valence-electron chi connectivity index (χ1n) is 12.4. The van der Waals surface area contributed by atoms with Gasteiger partial charge >= 0.3 is 0 Å². The number of imidazole rings is 2. The summed E-state index contributed by atoms with van der Waals surface area (Å²) >= 11 is 14.6. The van der Waals surface area contributed by atoms with Gasteiger partial charge in [0.1, 0.15) is 9.74 Å². The van der Waals surface area contributed by atoms with Crippen LogP contribution in [0.25, 0.3) is 0 Å². The minimum absolute atomic E-state index is 0.679. The largest absolute Gasteiger partial charge is 0.314 e. The summed E-state index contributed by atoms with van der Waals surface area (Å²) < 4.78 is 4.33. The second-order valence-electron chi connectivity index (χ2n) is 9.08. The van der Waals surface area contributed by atoms with Gasteiger partial charge in [-0.2, -0.15) is 0 Å². The van der Waals surface area contributed by atoms with Crippen molar-refractivity contribution in [3.63, 3.8) is 0 Å². The molecule has 0 N–H and O–H groups in total. The van der Waals surface area contributed by atoms with Gasteiger partial charge in [0.2, 0.25) is 0 Å². The summed E-state index contributed by atoms with van der Waals surface area (Å²) in [6.45, 7) is 0. The molecule has 0 bridgehead atoms. The van der Waals surface area contributed by atoms with Crippen LogP contribution in [0.5, 0.6) is 0 Å². The van der Waals surface area contributed by atoms with Gasteiger partial charge in [-0.1, -0.05) is 120 Å². The number of nitrogens with zero attached hydrogens (tertiary/aromatic N) is 4. The summed E-state index contributed by atoms with van der Waals surface area (Å²) in [6, 6.07) is 37.1. The van der Waals surface area contributed by atoms with Crippen LogP contribution < -0.4 is 0 Å². The molecule has 6 rings (SSSR count). The van der Waals surface area contributed by atoms with Crippen LogP contribution in [-0.4, -0.2) is 19.1 Å². The molecule has 0 aliphatic rings. The molecule has 39 heavy (non-hydrogen) atoms. The zero-order valence-corrected chi connectivity index (χ0v) is 23.1. The first kappa shape index (κ1) is 25.5. The Kier molecular flexibility index (Phi) is 7.05. The molecule has 0 saturated carbocycles. The van der Waals surface area contributed by atoms with Crippen LogP contribution in [-0.2, 0) is 9.74 Å². The Hall–Kier alpha value is -3.77. The minimum Gasteiger partial charge on any atom is -0.314 e. The summed E-state index contributed by atoms with van der Waals surface area (Å²) in [7, 11) is 0. The number of hydrogen-bond acceptors (Lipinski definition) is 3. The molecule has 192 valence electrons. The van der Waals surface area contributed by atoms with E-state index in [0.717, 1.165) is 22.3 Å². The van der Waals surface area contributed by atoms with Gasteiger partial charge in [0.25, 0.3) is 0 Å². The van der Waals surface area contributed by atoms with E-state index in [9.17, 15) is 0 Å². The Morgan fingerprint density at radius 3 is 1.18 bits per heavy atom. The maximum absolute atomic E-state index is 6.40. The molecule has 2 unspecified atom stereocenters. The molecular formula is C32H24Cl2N4S. The van der Waals surface area contributed by atoms with Crippen molar-refractivity contribution in [2.45, 2.75) is 9.74 Å². The van der Waals surface area contributed by atoms with E-state index in [4.69, 9.17) is 23.2 Å². The first-order valence-corrected chi connectivity index (χ1v) is 14.0. The highest BCUT2D eigenvalue weighted by molar-refractivity contribution is 8.01. The summed E-state index contributed by atoms with van der Waals surface area (Å²) in [5.41, 5.74) is 4.28. The third kappa shape index (κ3) is 4.57. The van der Waals surface area contributed by atoms with Crippen LogP contribution in [0.4, 0.5) is 0 Å². The van der Waals surface area contributed by atoms with Crippen molar-refractivity contribution in [2.75, 3.05) is 0 Å². The van der Waals surface area contributed by atoms with E-state index in [1.807, 2.05) is 73.8 Å². The molecule has 2 aromatic heterocycles. The second-order valence-corrected chi connectivity index (χ2v) is 11.3. The van der Waals surface area contributed by atoms with E-state index in [2.05, 4.69) is 91.9 Å². The number of aromatic nitrogens is 4. The average Bonchev–Trinajstić information content (AvgIpc) is 3.72. The van der Waals surface area contributed by atoms with Crippen LogP contribution in [0, 0.1) is 0 Å². The van der Waals surface area contributed by atoms with Crippen molar-refractivity contribution < 1.29 is 0 Å². The minimum atomic E-state index is -0.762. The molecule has 2 heterocycles. The first-order chi connectivity index (χ1) is 19.1. The predicted octanol–water partition coefficient (Wildman–Crippen LogP) is 8.32. The predicted molar refractivity (Wildman–Crippen MR) is 160 cm³/mol. The van der Waals surface area contributed by atoms with E-state index in [-0.39, 0.29) is 0 Å². The third-order valence-corrected chi connectivity index (χ3v) is 9.29. The molecular weight excluding hydrogens is 543 g/mol. The number of halogens is 2. The Bertz CT molecular complexity index is 1500. The van der Waals surface area contributed by atoms with Gasteiger partial charge in [-0.25, -0.2) is 9.97 Å². The molecule has 7 heteroatoms. The SMILES string of the molecule is Clc1ccc(C(SC(c2ccccc2)(c2ccc(Cl)cc2)n2ccnc2)(c2ccccc2)n2ccnc2)cc1. The number of rotatable bonds is 8. The molecule has 0 aliphatic heterocycles. The zero-order valence-electron chi connectivity index (χ0n) is 20.8. The van der Waals surface area contributed by atoms with Crippen molar-refractivity contribution in [1.82, 2.24) is 19.1 Å². The fraction of sp³-hybridized carbons (Fsp3) is 0.0625. The highest BCUT2D eigenvalue weighted by atomic mass is 35.5. The molecule has 6 aromatic rings. The van der Waals surface area contributed by atoms with Gasteiger partial charge in [0.05, 0.1) is 12.7 Å². The highest BCUT2D eigenvalue weighted by Gasteiger charge is 2.49. The fourth-order valence-corrected chi connectivity index (χ4v) is 7.18. The van der Waals surface area contributed by atoms with Gasteiger partial charge in [-0.15, -0.1) is 0 Å². The van der Waals surface area contributed by atoms with Crippen molar-refractivity contribution in [2.24, 2.45) is 0 Å². The molecule has 0 fully saturated rings. The van der Waals surface area contributed by atoms with Gasteiger partial charge in [-0.3, -0.25) is 0 Å². The highest BCUT2D eigenvalue weighted by Crippen LogP contribution is 2.57. The summed E-state index contributed by atoms with van der Waals surface area (Å²) in [4.78, 5) is 7.46. The lowest BCUT2D eigenvalue weighted by Gasteiger charge is -2.45. The van der Waals surface area contributed by atoms with Crippen LogP contribution in [0.2, 0.25) is 10.0 Å². The molecule has 0 saturated heterocycles. The smallest absolute Gasteiger partial charge is 0.145 e. The van der Waals surface area contributed by atoms with Crippen LogP contribution in [0.3, 0.4) is 0 Å². The van der Waals surface area contributed by atoms with Crippen molar-refractivity contribution in [3.05, 3.63) is 179 Å². The van der Waals surface area contributed by atoms with Crippen LogP contribution in [0.1, 0.15) is 22.3 Å². The van der Waals surface area contributed by atoms with Gasteiger partial charge in [-0.05, 0) is 46.5 Å². The van der Waals surface area contributed by atoms with E-state index in [1.165, 1.54) is 0 Å². The standard InChI is InChI=1S/C32H24Cl2N4S/c33-29-15-11-27(12-16-29)31(37-21-19-35-23-37,25-7-3-1-4-8-25)39-32(38-22-20-36-24-38,26-9-5-2-6-10-26)28-13-17-30(34)18-14-28/h1-24H. The van der Waals surface area contributed by atoms with Gasteiger partial charge in [0.15, 0.2) is 0 Å². The summed E-state index contributed by atoms with van der Waals surface area (Å²) in [5.74, 6) is 0. The molecule has 4 nitrogen and oxygen atoms in total. The van der Waals surface area contributed by atoms with Crippen molar-refractivity contribution in [3.8, 4) is 0 Å². The number of benzene rings is 4. The van der Waals surface area contributed by atoms with E-state index in [1.54, 1.807) is 11.8 Å². The normalized spacial score (nSPS) is 14.4. The lowest BCUT2D eigenvalue weighted by Crippen LogP contribution is -2.42. The summed E-state index contributed by atoms with van der Waals surface area (Å²) in [5, 5.41) is 1.36. The van der Waals surface area contributed by atoms with Crippen molar-refractivity contribution >= 4 is 35.0 Å². The molecule has 0 amide bonds. The van der Waals surface area contributed by atoms with E-state index >= 15 is 0 Å². The van der Waals surface area contributed by atoms with Gasteiger partial charge in [0, 0.05) is 34.8 Å². The Morgan fingerprint density at radius 2 is 0.846 bits per heavy atom. The van der Waals surface area contributed by atoms with Crippen LogP contribution >= 0.6 is 35.0 Å². The molecule has 2 atom stereocenters. The van der Waals surface area contributed by atoms with Crippen LogP contribution in [0.15, 0.2) is 147 Å². The van der Waals surface area contributed by atoms with Crippen molar-refractivity contribution in [1.29, 1.82) is 0 Å². The van der Waals surface area contributed by atoms with E-state index in [0.29, 0.717) is 10.0 Å². The lowest BCUT2D eigenvalue weighted by molar-refractivity contribution is 0.565. The number of thioether (sulfide) groups is 1. The Balaban J connectivity index is 1.74.